The van der Waals surface area contributed by atoms with Gasteiger partial charge in [0.2, 0.25) is 0 Å². The van der Waals surface area contributed by atoms with Crippen molar-refractivity contribution < 1.29 is 18.7 Å². The van der Waals surface area contributed by atoms with Gasteiger partial charge in [-0.1, -0.05) is 12.1 Å². The maximum atomic E-state index is 13.5. The minimum absolute atomic E-state index is 0.158. The molecule has 5 nitrogen and oxygen atoms in total. The van der Waals surface area contributed by atoms with Crippen LogP contribution < -0.4 is 0 Å². The quantitative estimate of drug-likeness (QED) is 0.649. The summed E-state index contributed by atoms with van der Waals surface area (Å²) >= 11 is 0. The summed E-state index contributed by atoms with van der Waals surface area (Å²) in [6.45, 7) is 0.153. The number of esters is 1. The van der Waals surface area contributed by atoms with E-state index in [0.717, 1.165) is 24.8 Å². The van der Waals surface area contributed by atoms with E-state index in [4.69, 9.17) is 4.74 Å². The molecule has 0 N–H and O–H groups in total. The molecule has 1 aromatic carbocycles. The highest BCUT2D eigenvalue weighted by Gasteiger charge is 2.54. The molecule has 0 saturated heterocycles. The predicted molar refractivity (Wildman–Crippen MR) is 114 cm³/mol. The summed E-state index contributed by atoms with van der Waals surface area (Å²) in [4.78, 5) is 27.9. The van der Waals surface area contributed by atoms with E-state index in [1.165, 1.54) is 31.4 Å². The standard InChI is InChI=1S/C25H29FN2O3/c1-27-8-2-3-22(27)24(30)31-16-23(29)28(15-17-4-6-21(26)7-5-17)25-12-18-9-19(13-25)11-20(10-18)14-25/h2-8,18-20H,9-16H2,1H3. The largest absolute Gasteiger partial charge is 0.451 e. The van der Waals surface area contributed by atoms with Crippen molar-refractivity contribution >= 4 is 11.9 Å². The highest BCUT2D eigenvalue weighted by atomic mass is 19.1. The van der Waals surface area contributed by atoms with E-state index in [0.29, 0.717) is 30.0 Å². The molecule has 1 amide bonds. The van der Waals surface area contributed by atoms with Gasteiger partial charge in [0.05, 0.1) is 0 Å². The average Bonchev–Trinajstić information content (AvgIpc) is 3.16. The summed E-state index contributed by atoms with van der Waals surface area (Å²) in [5.41, 5.74) is 1.16. The fourth-order valence-corrected chi connectivity index (χ4v) is 6.64. The average molecular weight is 425 g/mol. The van der Waals surface area contributed by atoms with Crippen molar-refractivity contribution in [2.75, 3.05) is 6.61 Å². The first-order valence-electron chi connectivity index (χ1n) is 11.3. The molecular formula is C25H29FN2O3. The van der Waals surface area contributed by atoms with Crippen molar-refractivity contribution in [2.24, 2.45) is 24.8 Å². The number of benzene rings is 1. The number of carbonyl (C=O) groups is 2. The highest BCUT2D eigenvalue weighted by molar-refractivity contribution is 5.90. The maximum absolute atomic E-state index is 13.5. The first kappa shape index (κ1) is 20.3. The third-order valence-electron chi connectivity index (χ3n) is 7.61. The van der Waals surface area contributed by atoms with Gasteiger partial charge in [-0.3, -0.25) is 4.79 Å². The van der Waals surface area contributed by atoms with E-state index in [-0.39, 0.29) is 23.9 Å². The molecule has 31 heavy (non-hydrogen) atoms. The summed E-state index contributed by atoms with van der Waals surface area (Å²) < 4.78 is 20.5. The van der Waals surface area contributed by atoms with E-state index < -0.39 is 5.97 Å². The van der Waals surface area contributed by atoms with Crippen LogP contribution in [0.3, 0.4) is 0 Å². The van der Waals surface area contributed by atoms with E-state index in [9.17, 15) is 14.0 Å². The van der Waals surface area contributed by atoms with Crippen molar-refractivity contribution in [3.05, 3.63) is 59.7 Å². The molecular weight excluding hydrogens is 395 g/mol. The molecule has 6 heteroatoms. The SMILES string of the molecule is Cn1cccc1C(=O)OCC(=O)N(Cc1ccc(F)cc1)C12CC3CC(CC(C3)C1)C2. The Morgan fingerprint density at radius 2 is 1.68 bits per heavy atom. The number of aryl methyl sites for hydroxylation is 1. The number of amides is 1. The molecule has 164 valence electrons. The van der Waals surface area contributed by atoms with E-state index in [2.05, 4.69) is 0 Å². The minimum Gasteiger partial charge on any atom is -0.451 e. The van der Waals surface area contributed by atoms with Gasteiger partial charge in [-0.15, -0.1) is 0 Å². The van der Waals surface area contributed by atoms with Crippen LogP contribution in [-0.4, -0.2) is 33.5 Å². The fraction of sp³-hybridized carbons (Fsp3) is 0.520. The maximum Gasteiger partial charge on any atom is 0.355 e. The Labute approximate surface area is 182 Å². The first-order chi connectivity index (χ1) is 14.9. The van der Waals surface area contributed by atoms with Crippen LogP contribution in [0, 0.1) is 23.6 Å². The number of aromatic nitrogens is 1. The van der Waals surface area contributed by atoms with Crippen LogP contribution in [-0.2, 0) is 23.1 Å². The number of nitrogens with zero attached hydrogens (tertiary/aromatic N) is 2. The van der Waals surface area contributed by atoms with Crippen LogP contribution in [0.25, 0.3) is 0 Å². The van der Waals surface area contributed by atoms with Crippen molar-refractivity contribution in [2.45, 2.75) is 50.6 Å². The molecule has 0 spiro atoms. The van der Waals surface area contributed by atoms with Gasteiger partial charge < -0.3 is 14.2 Å². The van der Waals surface area contributed by atoms with Crippen LogP contribution in [0.5, 0.6) is 0 Å². The number of carbonyl (C=O) groups excluding carboxylic acids is 2. The third-order valence-corrected chi connectivity index (χ3v) is 7.61. The molecule has 4 aliphatic rings. The van der Waals surface area contributed by atoms with Gasteiger partial charge >= 0.3 is 5.97 Å². The van der Waals surface area contributed by atoms with Crippen LogP contribution in [0.1, 0.15) is 54.6 Å². The Kier molecular flexibility index (Phi) is 5.11. The Hall–Kier alpha value is -2.63. The minimum atomic E-state index is -0.493. The predicted octanol–water partition coefficient (Wildman–Crippen LogP) is 4.32. The first-order valence-corrected chi connectivity index (χ1v) is 11.3. The summed E-state index contributed by atoms with van der Waals surface area (Å²) in [6.07, 6.45) is 8.68. The van der Waals surface area contributed by atoms with Crippen LogP contribution in [0.4, 0.5) is 4.39 Å². The fourth-order valence-electron chi connectivity index (χ4n) is 6.64. The molecule has 4 bridgehead atoms. The summed E-state index contributed by atoms with van der Waals surface area (Å²) in [5, 5.41) is 0. The Morgan fingerprint density at radius 3 is 2.23 bits per heavy atom. The normalized spacial score (nSPS) is 28.5. The lowest BCUT2D eigenvalue weighted by molar-refractivity contribution is -0.155. The lowest BCUT2D eigenvalue weighted by Gasteiger charge is -2.60. The second kappa shape index (κ2) is 7.81. The molecule has 2 aromatic rings. The lowest BCUT2D eigenvalue weighted by Crippen LogP contribution is -2.61. The van der Waals surface area contributed by atoms with Gasteiger partial charge in [-0.25, -0.2) is 9.18 Å². The Bertz CT molecular complexity index is 946. The van der Waals surface area contributed by atoms with Crippen molar-refractivity contribution in [3.8, 4) is 0 Å². The zero-order valence-electron chi connectivity index (χ0n) is 17.9. The van der Waals surface area contributed by atoms with Crippen molar-refractivity contribution in [1.29, 1.82) is 0 Å². The van der Waals surface area contributed by atoms with Crippen molar-refractivity contribution in [3.63, 3.8) is 0 Å². The topological polar surface area (TPSA) is 51.5 Å². The summed E-state index contributed by atoms with van der Waals surface area (Å²) in [7, 11) is 1.77. The zero-order valence-corrected chi connectivity index (χ0v) is 17.9. The Balaban J connectivity index is 1.37. The van der Waals surface area contributed by atoms with Crippen LogP contribution >= 0.6 is 0 Å². The number of rotatable bonds is 6. The second-order valence-electron chi connectivity index (χ2n) is 9.83. The molecule has 4 fully saturated rings. The zero-order chi connectivity index (χ0) is 21.6. The second-order valence-corrected chi connectivity index (χ2v) is 9.83. The summed E-state index contributed by atoms with van der Waals surface area (Å²) in [5.74, 6) is 1.11. The van der Waals surface area contributed by atoms with Gasteiger partial charge in [-0.05, 0) is 86.1 Å². The lowest BCUT2D eigenvalue weighted by atomic mass is 9.52. The van der Waals surface area contributed by atoms with E-state index >= 15 is 0 Å². The van der Waals surface area contributed by atoms with Gasteiger partial charge in [0.1, 0.15) is 11.5 Å². The smallest absolute Gasteiger partial charge is 0.355 e. The number of hydrogen-bond donors (Lipinski definition) is 0. The molecule has 1 heterocycles. The van der Waals surface area contributed by atoms with Gasteiger partial charge in [0.15, 0.2) is 6.61 Å². The van der Waals surface area contributed by atoms with Crippen molar-refractivity contribution in [1.82, 2.24) is 9.47 Å². The van der Waals surface area contributed by atoms with E-state index in [1.807, 2.05) is 4.90 Å². The highest BCUT2D eigenvalue weighted by Crippen LogP contribution is 2.58. The molecule has 0 atom stereocenters. The molecule has 0 aliphatic heterocycles. The van der Waals surface area contributed by atoms with Gasteiger partial charge in [-0.2, -0.15) is 0 Å². The van der Waals surface area contributed by atoms with E-state index in [1.54, 1.807) is 42.1 Å². The van der Waals surface area contributed by atoms with Crippen LogP contribution in [0.2, 0.25) is 0 Å². The van der Waals surface area contributed by atoms with Gasteiger partial charge in [0.25, 0.3) is 5.91 Å². The Morgan fingerprint density at radius 1 is 1.06 bits per heavy atom. The molecule has 1 aromatic heterocycles. The number of ether oxygens (including phenoxy) is 1. The number of halogens is 1. The molecule has 4 aliphatic carbocycles. The molecule has 4 saturated carbocycles. The number of hydrogen-bond acceptors (Lipinski definition) is 3. The summed E-state index contributed by atoms with van der Waals surface area (Å²) in [6, 6.07) is 9.81. The third kappa shape index (κ3) is 3.88. The molecule has 6 rings (SSSR count). The molecule has 0 radical (unpaired) electrons. The monoisotopic (exact) mass is 424 g/mol. The van der Waals surface area contributed by atoms with Crippen LogP contribution in [0.15, 0.2) is 42.6 Å². The molecule has 0 unspecified atom stereocenters. The van der Waals surface area contributed by atoms with Gasteiger partial charge in [0, 0.05) is 25.3 Å².